The van der Waals surface area contributed by atoms with Gasteiger partial charge in [0.25, 0.3) is 0 Å². The first-order valence-corrected chi connectivity index (χ1v) is 6.73. The summed E-state index contributed by atoms with van der Waals surface area (Å²) in [5.41, 5.74) is 1.13. The highest BCUT2D eigenvalue weighted by molar-refractivity contribution is 6.18. The maximum atomic E-state index is 9.51. The van der Waals surface area contributed by atoms with Gasteiger partial charge in [0, 0.05) is 44.3 Å². The number of hydrogen-bond acceptors (Lipinski definition) is 4. The van der Waals surface area contributed by atoms with Crippen molar-refractivity contribution in [3.63, 3.8) is 0 Å². The number of hydrogen-bond donors (Lipinski definition) is 2. The van der Waals surface area contributed by atoms with Crippen LogP contribution in [-0.2, 0) is 0 Å². The summed E-state index contributed by atoms with van der Waals surface area (Å²) >= 11 is 5.60. The third-order valence-corrected chi connectivity index (χ3v) is 3.59. The van der Waals surface area contributed by atoms with Gasteiger partial charge in [-0.3, -0.25) is 4.90 Å². The fourth-order valence-electron chi connectivity index (χ4n) is 2.20. The van der Waals surface area contributed by atoms with Crippen molar-refractivity contribution in [1.29, 1.82) is 0 Å². The summed E-state index contributed by atoms with van der Waals surface area (Å²) in [5, 5.41) is 18.8. The summed E-state index contributed by atoms with van der Waals surface area (Å²) in [6.07, 6.45) is -0.438. The molecule has 2 N–H and O–H groups in total. The lowest BCUT2D eigenvalue weighted by atomic mass is 10.2. The Hall–Kier alpha value is -0.970. The third kappa shape index (κ3) is 3.51. The Balaban J connectivity index is 1.84. The number of alkyl halides is 1. The molecular formula is C13H19ClN2O2. The molecule has 0 aliphatic carbocycles. The molecule has 1 aliphatic rings. The van der Waals surface area contributed by atoms with Gasteiger partial charge >= 0.3 is 0 Å². The predicted molar refractivity (Wildman–Crippen MR) is 73.5 cm³/mol. The minimum absolute atomic E-state index is 0.290. The van der Waals surface area contributed by atoms with Crippen LogP contribution >= 0.6 is 11.6 Å². The lowest BCUT2D eigenvalue weighted by molar-refractivity contribution is 0.125. The summed E-state index contributed by atoms with van der Waals surface area (Å²) in [5.74, 6) is 0.584. The molecule has 0 amide bonds. The molecule has 4 nitrogen and oxygen atoms in total. The highest BCUT2D eigenvalue weighted by atomic mass is 35.5. The average Bonchev–Trinajstić information content (AvgIpc) is 2.40. The third-order valence-electron chi connectivity index (χ3n) is 3.23. The number of benzene rings is 1. The van der Waals surface area contributed by atoms with Crippen LogP contribution in [0.5, 0.6) is 5.75 Å². The molecule has 1 atom stereocenters. The number of rotatable bonds is 4. The molecule has 1 saturated heterocycles. The molecule has 0 bridgehead atoms. The first-order chi connectivity index (χ1) is 8.69. The van der Waals surface area contributed by atoms with Crippen LogP contribution in [-0.4, -0.2) is 59.8 Å². The van der Waals surface area contributed by atoms with E-state index in [2.05, 4.69) is 9.80 Å². The lowest BCUT2D eigenvalue weighted by Gasteiger charge is -2.36. The number of phenols is 1. The van der Waals surface area contributed by atoms with Crippen molar-refractivity contribution in [2.24, 2.45) is 0 Å². The standard InChI is InChI=1S/C13H19ClN2O2/c14-9-13(18)10-15-5-7-16(8-6-15)11-1-3-12(17)4-2-11/h1-4,13,17-18H,5-10H2. The van der Waals surface area contributed by atoms with Crippen LogP contribution in [0.3, 0.4) is 0 Å². The quantitative estimate of drug-likeness (QED) is 0.805. The van der Waals surface area contributed by atoms with Gasteiger partial charge in [0.2, 0.25) is 0 Å². The van der Waals surface area contributed by atoms with Crippen molar-refractivity contribution in [2.45, 2.75) is 6.10 Å². The van der Waals surface area contributed by atoms with Crippen LogP contribution in [0, 0.1) is 0 Å². The Morgan fingerprint density at radius 3 is 2.28 bits per heavy atom. The van der Waals surface area contributed by atoms with Gasteiger partial charge in [-0.05, 0) is 24.3 Å². The second kappa shape index (κ2) is 6.27. The number of aliphatic hydroxyl groups excluding tert-OH is 1. The smallest absolute Gasteiger partial charge is 0.115 e. The highest BCUT2D eigenvalue weighted by Gasteiger charge is 2.18. The SMILES string of the molecule is Oc1ccc(N2CCN(CC(O)CCl)CC2)cc1. The van der Waals surface area contributed by atoms with Crippen molar-refractivity contribution >= 4 is 17.3 Å². The molecular weight excluding hydrogens is 252 g/mol. The normalized spacial score (nSPS) is 18.9. The Morgan fingerprint density at radius 2 is 1.72 bits per heavy atom. The van der Waals surface area contributed by atoms with Crippen LogP contribution in [0.25, 0.3) is 0 Å². The molecule has 1 aromatic rings. The molecule has 0 radical (unpaired) electrons. The summed E-state index contributed by atoms with van der Waals surface area (Å²) < 4.78 is 0. The van der Waals surface area contributed by atoms with E-state index >= 15 is 0 Å². The number of halogens is 1. The van der Waals surface area contributed by atoms with E-state index in [0.717, 1.165) is 31.9 Å². The molecule has 1 aromatic carbocycles. The lowest BCUT2D eigenvalue weighted by Crippen LogP contribution is -2.48. The number of anilines is 1. The van der Waals surface area contributed by atoms with E-state index in [1.807, 2.05) is 12.1 Å². The molecule has 0 aromatic heterocycles. The molecule has 1 fully saturated rings. The van der Waals surface area contributed by atoms with E-state index in [9.17, 15) is 10.2 Å². The van der Waals surface area contributed by atoms with Gasteiger partial charge in [-0.25, -0.2) is 0 Å². The zero-order valence-corrected chi connectivity index (χ0v) is 11.1. The summed E-state index contributed by atoms with van der Waals surface area (Å²) in [6.45, 7) is 4.36. The monoisotopic (exact) mass is 270 g/mol. The van der Waals surface area contributed by atoms with Crippen molar-refractivity contribution in [1.82, 2.24) is 4.90 Å². The second-order valence-electron chi connectivity index (χ2n) is 4.61. The minimum atomic E-state index is -0.438. The fraction of sp³-hybridized carbons (Fsp3) is 0.538. The molecule has 18 heavy (non-hydrogen) atoms. The number of aromatic hydroxyl groups is 1. The van der Waals surface area contributed by atoms with Gasteiger partial charge in [0.15, 0.2) is 0 Å². The van der Waals surface area contributed by atoms with Crippen LogP contribution in [0.2, 0.25) is 0 Å². The van der Waals surface area contributed by atoms with Crippen LogP contribution in [0.1, 0.15) is 0 Å². The van der Waals surface area contributed by atoms with Crippen molar-refractivity contribution < 1.29 is 10.2 Å². The maximum Gasteiger partial charge on any atom is 0.115 e. The van der Waals surface area contributed by atoms with Gasteiger partial charge < -0.3 is 15.1 Å². The number of phenolic OH excluding ortho intramolecular Hbond substituents is 1. The summed E-state index contributed by atoms with van der Waals surface area (Å²) in [6, 6.07) is 7.27. The Labute approximate surface area is 112 Å². The first kappa shape index (κ1) is 13.5. The van der Waals surface area contributed by atoms with Crippen LogP contribution < -0.4 is 4.90 Å². The van der Waals surface area contributed by atoms with Gasteiger partial charge in [-0.15, -0.1) is 11.6 Å². The van der Waals surface area contributed by atoms with Crippen LogP contribution in [0.15, 0.2) is 24.3 Å². The highest BCUT2D eigenvalue weighted by Crippen LogP contribution is 2.19. The molecule has 1 unspecified atom stereocenters. The molecule has 0 spiro atoms. The predicted octanol–water partition coefficient (Wildman–Crippen LogP) is 1.11. The van der Waals surface area contributed by atoms with E-state index in [0.29, 0.717) is 12.3 Å². The summed E-state index contributed by atoms with van der Waals surface area (Å²) in [7, 11) is 0. The number of β-amino-alcohol motifs (C(OH)–C–C–N with tert-alkyl or cyclic N) is 1. The molecule has 1 heterocycles. The Bertz CT molecular complexity index is 364. The first-order valence-electron chi connectivity index (χ1n) is 6.19. The van der Waals surface area contributed by atoms with Gasteiger partial charge in [0.05, 0.1) is 6.10 Å². The van der Waals surface area contributed by atoms with E-state index in [-0.39, 0.29) is 5.88 Å². The molecule has 1 aliphatic heterocycles. The molecule has 100 valence electrons. The molecule has 5 heteroatoms. The second-order valence-corrected chi connectivity index (χ2v) is 4.92. The number of nitrogens with zero attached hydrogens (tertiary/aromatic N) is 2. The topological polar surface area (TPSA) is 46.9 Å². The molecule has 0 saturated carbocycles. The van der Waals surface area contributed by atoms with Gasteiger partial charge in [0.1, 0.15) is 5.75 Å². The van der Waals surface area contributed by atoms with Gasteiger partial charge in [-0.2, -0.15) is 0 Å². The maximum absolute atomic E-state index is 9.51. The van der Waals surface area contributed by atoms with E-state index in [4.69, 9.17) is 11.6 Å². The van der Waals surface area contributed by atoms with Crippen molar-refractivity contribution in [3.05, 3.63) is 24.3 Å². The van der Waals surface area contributed by atoms with E-state index < -0.39 is 6.10 Å². The molecule has 2 rings (SSSR count). The van der Waals surface area contributed by atoms with Crippen molar-refractivity contribution in [2.75, 3.05) is 43.5 Å². The zero-order valence-electron chi connectivity index (χ0n) is 10.3. The fourth-order valence-corrected chi connectivity index (χ4v) is 2.30. The average molecular weight is 271 g/mol. The van der Waals surface area contributed by atoms with Crippen LogP contribution in [0.4, 0.5) is 5.69 Å². The largest absolute Gasteiger partial charge is 0.508 e. The Kier molecular flexibility index (Phi) is 4.69. The number of aliphatic hydroxyl groups is 1. The Morgan fingerprint density at radius 1 is 1.11 bits per heavy atom. The zero-order chi connectivity index (χ0) is 13.0. The van der Waals surface area contributed by atoms with Crippen molar-refractivity contribution in [3.8, 4) is 5.75 Å². The van der Waals surface area contributed by atoms with Gasteiger partial charge in [-0.1, -0.05) is 0 Å². The summed E-state index contributed by atoms with van der Waals surface area (Å²) in [4.78, 5) is 4.51. The minimum Gasteiger partial charge on any atom is -0.508 e. The van der Waals surface area contributed by atoms with E-state index in [1.54, 1.807) is 12.1 Å². The van der Waals surface area contributed by atoms with E-state index in [1.165, 1.54) is 0 Å². The number of piperazine rings is 1.